The molecular formula is C27H33BrN2O4. The molecule has 0 spiro atoms. The van der Waals surface area contributed by atoms with E-state index in [1.165, 1.54) is 31.8 Å². The molecule has 0 bridgehead atoms. The van der Waals surface area contributed by atoms with Crippen LogP contribution in [0.5, 0.6) is 17.2 Å². The van der Waals surface area contributed by atoms with Crippen LogP contribution < -0.4 is 19.5 Å². The van der Waals surface area contributed by atoms with E-state index in [4.69, 9.17) is 14.2 Å². The number of nitrogens with one attached hydrogen (secondary N) is 1. The van der Waals surface area contributed by atoms with E-state index in [-0.39, 0.29) is 5.57 Å². The van der Waals surface area contributed by atoms with Gasteiger partial charge in [-0.3, -0.25) is 4.79 Å². The van der Waals surface area contributed by atoms with Crippen molar-refractivity contribution < 1.29 is 19.0 Å². The lowest BCUT2D eigenvalue weighted by Crippen LogP contribution is -2.13. The van der Waals surface area contributed by atoms with Crippen LogP contribution in [0, 0.1) is 11.3 Å². The summed E-state index contributed by atoms with van der Waals surface area (Å²) in [5.41, 5.74) is 1.20. The van der Waals surface area contributed by atoms with Crippen LogP contribution in [-0.4, -0.2) is 26.2 Å². The Balaban J connectivity index is 2.11. The highest BCUT2D eigenvalue weighted by Crippen LogP contribution is 2.37. The Bertz CT molecular complexity index is 997. The first-order valence-electron chi connectivity index (χ1n) is 11.7. The predicted octanol–water partition coefficient (Wildman–Crippen LogP) is 7.14. The highest BCUT2D eigenvalue weighted by atomic mass is 79.9. The maximum absolute atomic E-state index is 12.6. The van der Waals surface area contributed by atoms with Gasteiger partial charge in [0.1, 0.15) is 17.4 Å². The topological polar surface area (TPSA) is 80.6 Å². The normalized spacial score (nSPS) is 11.0. The fraction of sp³-hybridized carbons (Fsp3) is 0.407. The first-order valence-corrected chi connectivity index (χ1v) is 12.5. The van der Waals surface area contributed by atoms with Gasteiger partial charge in [0.05, 0.1) is 24.8 Å². The van der Waals surface area contributed by atoms with Crippen molar-refractivity contribution in [2.75, 3.05) is 25.6 Å². The number of unbranched alkanes of at least 4 members (excludes halogenated alkanes) is 5. The molecule has 2 aromatic carbocycles. The lowest BCUT2D eigenvalue weighted by Gasteiger charge is -2.15. The van der Waals surface area contributed by atoms with Crippen molar-refractivity contribution in [2.45, 2.75) is 52.4 Å². The van der Waals surface area contributed by atoms with Crippen LogP contribution in [0.25, 0.3) is 6.08 Å². The molecule has 0 unspecified atom stereocenters. The van der Waals surface area contributed by atoms with Crippen molar-refractivity contribution in [3.8, 4) is 23.3 Å². The first-order chi connectivity index (χ1) is 16.5. The molecule has 7 heteroatoms. The van der Waals surface area contributed by atoms with Crippen LogP contribution in [0.3, 0.4) is 0 Å². The van der Waals surface area contributed by atoms with E-state index in [0.29, 0.717) is 46.2 Å². The number of carbonyl (C=O) groups is 1. The van der Waals surface area contributed by atoms with Gasteiger partial charge in [-0.2, -0.15) is 5.26 Å². The number of methoxy groups -OCH3 is 1. The number of halogens is 1. The molecule has 0 aliphatic rings. The summed E-state index contributed by atoms with van der Waals surface area (Å²) in [7, 11) is 1.57. The lowest BCUT2D eigenvalue weighted by atomic mass is 10.1. The van der Waals surface area contributed by atoms with Crippen LogP contribution in [0.1, 0.15) is 57.9 Å². The van der Waals surface area contributed by atoms with Gasteiger partial charge in [-0.1, -0.05) is 39.0 Å². The van der Waals surface area contributed by atoms with Crippen molar-refractivity contribution in [3.05, 3.63) is 52.0 Å². The number of amides is 1. The van der Waals surface area contributed by atoms with E-state index in [0.717, 1.165) is 12.8 Å². The van der Waals surface area contributed by atoms with Crippen molar-refractivity contribution in [1.82, 2.24) is 0 Å². The summed E-state index contributed by atoms with van der Waals surface area (Å²) in [5, 5.41) is 12.3. The number of benzene rings is 2. The van der Waals surface area contributed by atoms with E-state index in [1.54, 1.807) is 37.4 Å². The highest BCUT2D eigenvalue weighted by molar-refractivity contribution is 9.10. The minimum atomic E-state index is -0.495. The van der Waals surface area contributed by atoms with E-state index < -0.39 is 5.91 Å². The second-order valence-electron chi connectivity index (χ2n) is 7.73. The Kier molecular flexibility index (Phi) is 12.0. The molecule has 2 rings (SSSR count). The molecule has 0 radical (unpaired) electrons. The maximum Gasteiger partial charge on any atom is 0.266 e. The fourth-order valence-electron chi connectivity index (χ4n) is 3.32. The zero-order valence-electron chi connectivity index (χ0n) is 20.2. The van der Waals surface area contributed by atoms with E-state index in [1.807, 2.05) is 19.1 Å². The van der Waals surface area contributed by atoms with E-state index in [9.17, 15) is 10.1 Å². The largest absolute Gasteiger partial charge is 0.497 e. The molecule has 1 N–H and O–H groups in total. The number of nitriles is 1. The molecule has 1 amide bonds. The molecule has 34 heavy (non-hydrogen) atoms. The predicted molar refractivity (Wildman–Crippen MR) is 139 cm³/mol. The average molecular weight is 529 g/mol. The zero-order valence-corrected chi connectivity index (χ0v) is 21.7. The number of carbonyl (C=O) groups excluding carboxylic acids is 1. The molecule has 182 valence electrons. The summed E-state index contributed by atoms with van der Waals surface area (Å²) in [6.07, 6.45) is 8.64. The molecule has 2 aromatic rings. The number of ether oxygens (including phenoxy) is 3. The van der Waals surface area contributed by atoms with Gasteiger partial charge < -0.3 is 19.5 Å². The van der Waals surface area contributed by atoms with Gasteiger partial charge in [-0.05, 0) is 77.3 Å². The number of hydrogen-bond donors (Lipinski definition) is 1. The number of rotatable bonds is 14. The zero-order chi connectivity index (χ0) is 24.8. The monoisotopic (exact) mass is 528 g/mol. The summed E-state index contributed by atoms with van der Waals surface area (Å²) in [6.45, 7) is 5.18. The van der Waals surface area contributed by atoms with Crippen LogP contribution in [0.2, 0.25) is 0 Å². The first kappa shape index (κ1) is 27.3. The highest BCUT2D eigenvalue weighted by Gasteiger charge is 2.14. The Labute approximate surface area is 211 Å². The maximum atomic E-state index is 12.6. The van der Waals surface area contributed by atoms with Gasteiger partial charge in [0.15, 0.2) is 11.5 Å². The Morgan fingerprint density at radius 2 is 1.76 bits per heavy atom. The molecule has 0 fully saturated rings. The van der Waals surface area contributed by atoms with Crippen LogP contribution in [0.15, 0.2) is 46.4 Å². The fourth-order valence-corrected chi connectivity index (χ4v) is 3.89. The van der Waals surface area contributed by atoms with Crippen molar-refractivity contribution >= 4 is 33.6 Å². The average Bonchev–Trinajstić information content (AvgIpc) is 2.83. The summed E-state index contributed by atoms with van der Waals surface area (Å²) in [4.78, 5) is 12.6. The molecule has 0 aliphatic carbocycles. The molecule has 0 atom stereocenters. The SMILES string of the molecule is CCCCCCCCOc1c(Br)cc(/C=C(/C#N)C(=O)Nc2ccc(OC)cc2)cc1OCC. The third-order valence-electron chi connectivity index (χ3n) is 5.10. The van der Waals surface area contributed by atoms with Crippen LogP contribution >= 0.6 is 15.9 Å². The van der Waals surface area contributed by atoms with Crippen molar-refractivity contribution in [1.29, 1.82) is 5.26 Å². The third-order valence-corrected chi connectivity index (χ3v) is 5.69. The molecule has 0 saturated heterocycles. The minimum absolute atomic E-state index is 0.0223. The number of hydrogen-bond acceptors (Lipinski definition) is 5. The standard InChI is InChI=1S/C27H33BrN2O4/c1-4-6-7-8-9-10-15-34-26-24(28)17-20(18-25(26)33-5-2)16-21(19-29)27(31)30-22-11-13-23(32-3)14-12-22/h11-14,16-18H,4-10,15H2,1-3H3,(H,30,31)/b21-16-. The smallest absolute Gasteiger partial charge is 0.266 e. The van der Waals surface area contributed by atoms with Gasteiger partial charge in [0, 0.05) is 5.69 Å². The van der Waals surface area contributed by atoms with Crippen LogP contribution in [-0.2, 0) is 4.79 Å². The minimum Gasteiger partial charge on any atom is -0.497 e. The molecule has 0 aromatic heterocycles. The van der Waals surface area contributed by atoms with Crippen LogP contribution in [0.4, 0.5) is 5.69 Å². The number of nitrogens with zero attached hydrogens (tertiary/aromatic N) is 1. The van der Waals surface area contributed by atoms with Gasteiger partial charge in [0.25, 0.3) is 5.91 Å². The second-order valence-corrected chi connectivity index (χ2v) is 8.59. The molecule has 0 aliphatic heterocycles. The Hall–Kier alpha value is -2.98. The molecular weight excluding hydrogens is 496 g/mol. The van der Waals surface area contributed by atoms with Gasteiger partial charge in [-0.25, -0.2) is 0 Å². The van der Waals surface area contributed by atoms with E-state index in [2.05, 4.69) is 28.2 Å². The summed E-state index contributed by atoms with van der Waals surface area (Å²) >= 11 is 3.56. The van der Waals surface area contributed by atoms with Gasteiger partial charge >= 0.3 is 0 Å². The lowest BCUT2D eigenvalue weighted by molar-refractivity contribution is -0.112. The Morgan fingerprint density at radius 1 is 1.06 bits per heavy atom. The van der Waals surface area contributed by atoms with Gasteiger partial charge in [-0.15, -0.1) is 0 Å². The summed E-state index contributed by atoms with van der Waals surface area (Å²) in [6, 6.07) is 12.5. The second kappa shape index (κ2) is 15.0. The van der Waals surface area contributed by atoms with E-state index >= 15 is 0 Å². The third kappa shape index (κ3) is 8.75. The molecule has 0 saturated carbocycles. The van der Waals surface area contributed by atoms with Crippen molar-refractivity contribution in [3.63, 3.8) is 0 Å². The molecule has 6 nitrogen and oxygen atoms in total. The quantitative estimate of drug-likeness (QED) is 0.160. The Morgan fingerprint density at radius 3 is 2.41 bits per heavy atom. The number of anilines is 1. The summed E-state index contributed by atoms with van der Waals surface area (Å²) in [5.74, 6) is 1.39. The van der Waals surface area contributed by atoms with Gasteiger partial charge in [0.2, 0.25) is 0 Å². The molecule has 0 heterocycles. The summed E-state index contributed by atoms with van der Waals surface area (Å²) < 4.78 is 17.6. The van der Waals surface area contributed by atoms with Crippen molar-refractivity contribution in [2.24, 2.45) is 0 Å².